The molecule has 76 valence electrons. The molecule has 0 spiro atoms. The third-order valence-corrected chi connectivity index (χ3v) is 1.68. The lowest BCUT2D eigenvalue weighted by Gasteiger charge is -2.26. The quantitative estimate of drug-likeness (QED) is 0.665. The van der Waals surface area contributed by atoms with Crippen LogP contribution in [0.15, 0.2) is 0 Å². The summed E-state index contributed by atoms with van der Waals surface area (Å²) in [5.74, 6) is 0. The molecule has 1 amide bonds. The third kappa shape index (κ3) is 4.50. The Morgan fingerprint density at radius 2 is 2.08 bits per heavy atom. The number of rotatable bonds is 5. The van der Waals surface area contributed by atoms with Crippen molar-refractivity contribution < 1.29 is 14.7 Å². The molecule has 0 aliphatic heterocycles. The first-order valence-corrected chi connectivity index (χ1v) is 4.37. The molecule has 0 aromatic carbocycles. The van der Waals surface area contributed by atoms with Crippen LogP contribution in [0.5, 0.6) is 0 Å². The number of hydrogen-bond donors (Lipinski definition) is 1. The highest BCUT2D eigenvalue weighted by molar-refractivity contribution is 5.66. The Kier molecular flexibility index (Phi) is 4.45. The monoisotopic (exact) mass is 187 g/mol. The minimum atomic E-state index is -0.961. The topological polar surface area (TPSA) is 57.6 Å². The highest BCUT2D eigenvalue weighted by atomic mass is 16.4. The van der Waals surface area contributed by atoms with Crippen molar-refractivity contribution in [3.05, 3.63) is 0 Å². The highest BCUT2D eigenvalue weighted by Gasteiger charge is 2.23. The number of nitrogens with zero attached hydrogens (tertiary/aromatic N) is 1. The summed E-state index contributed by atoms with van der Waals surface area (Å²) in [6.45, 7) is 6.10. The highest BCUT2D eigenvalue weighted by Crippen LogP contribution is 2.13. The number of carbonyl (C=O) groups is 2. The van der Waals surface area contributed by atoms with Gasteiger partial charge in [-0.1, -0.05) is 20.8 Å². The van der Waals surface area contributed by atoms with Crippen molar-refractivity contribution in [3.8, 4) is 0 Å². The standard InChI is InChI=1S/C9H17NO3/c1-4-5-10(8(12)13)6-9(2,3)7-11/h7H,4-6H2,1-3H3,(H,12,13). The number of aldehydes is 1. The zero-order valence-electron chi connectivity index (χ0n) is 8.41. The van der Waals surface area contributed by atoms with Crippen LogP contribution in [0.2, 0.25) is 0 Å². The molecule has 0 radical (unpaired) electrons. The molecule has 0 rings (SSSR count). The van der Waals surface area contributed by atoms with Gasteiger partial charge in [0.1, 0.15) is 6.29 Å². The van der Waals surface area contributed by atoms with Crippen LogP contribution in [0.25, 0.3) is 0 Å². The van der Waals surface area contributed by atoms with Gasteiger partial charge in [0.25, 0.3) is 0 Å². The van der Waals surface area contributed by atoms with Gasteiger partial charge in [-0.2, -0.15) is 0 Å². The summed E-state index contributed by atoms with van der Waals surface area (Å²) in [5, 5.41) is 8.77. The van der Waals surface area contributed by atoms with Crippen LogP contribution in [0.3, 0.4) is 0 Å². The molecule has 0 aliphatic carbocycles. The lowest BCUT2D eigenvalue weighted by Crippen LogP contribution is -2.39. The summed E-state index contributed by atoms with van der Waals surface area (Å²) in [6, 6.07) is 0. The van der Waals surface area contributed by atoms with Crippen molar-refractivity contribution in [2.45, 2.75) is 27.2 Å². The van der Waals surface area contributed by atoms with Crippen LogP contribution in [0.1, 0.15) is 27.2 Å². The summed E-state index contributed by atoms with van der Waals surface area (Å²) in [7, 11) is 0. The molecule has 0 unspecified atom stereocenters. The fraction of sp³-hybridized carbons (Fsp3) is 0.778. The molecule has 0 saturated carbocycles. The maximum absolute atomic E-state index is 10.7. The Labute approximate surface area is 78.5 Å². The second-order valence-corrected chi connectivity index (χ2v) is 3.81. The van der Waals surface area contributed by atoms with E-state index < -0.39 is 11.5 Å². The van der Waals surface area contributed by atoms with Gasteiger partial charge in [-0.15, -0.1) is 0 Å². The van der Waals surface area contributed by atoms with Gasteiger partial charge < -0.3 is 14.8 Å². The van der Waals surface area contributed by atoms with E-state index in [-0.39, 0.29) is 6.54 Å². The molecule has 0 saturated heterocycles. The minimum absolute atomic E-state index is 0.264. The number of carboxylic acid groups (broad SMARTS) is 1. The zero-order valence-corrected chi connectivity index (χ0v) is 8.41. The smallest absolute Gasteiger partial charge is 0.407 e. The van der Waals surface area contributed by atoms with E-state index in [1.807, 2.05) is 6.92 Å². The lowest BCUT2D eigenvalue weighted by atomic mass is 9.95. The second-order valence-electron chi connectivity index (χ2n) is 3.81. The van der Waals surface area contributed by atoms with E-state index in [4.69, 9.17) is 5.11 Å². The van der Waals surface area contributed by atoms with Crippen LogP contribution in [0, 0.1) is 5.41 Å². The largest absolute Gasteiger partial charge is 0.465 e. The van der Waals surface area contributed by atoms with Gasteiger partial charge in [-0.05, 0) is 6.42 Å². The Morgan fingerprint density at radius 3 is 2.38 bits per heavy atom. The first kappa shape index (κ1) is 11.9. The molecule has 4 heteroatoms. The van der Waals surface area contributed by atoms with Gasteiger partial charge in [0.05, 0.1) is 0 Å². The van der Waals surface area contributed by atoms with Crippen molar-refractivity contribution in [2.24, 2.45) is 5.41 Å². The van der Waals surface area contributed by atoms with Crippen molar-refractivity contribution in [2.75, 3.05) is 13.1 Å². The summed E-state index contributed by atoms with van der Waals surface area (Å²) in [4.78, 5) is 22.5. The molecule has 13 heavy (non-hydrogen) atoms. The van der Waals surface area contributed by atoms with Crippen molar-refractivity contribution in [3.63, 3.8) is 0 Å². The second kappa shape index (κ2) is 4.84. The molecular formula is C9H17NO3. The van der Waals surface area contributed by atoms with Crippen molar-refractivity contribution in [1.82, 2.24) is 4.90 Å². The SMILES string of the molecule is CCCN(CC(C)(C)C=O)C(=O)O. The molecule has 0 aromatic heterocycles. The average molecular weight is 187 g/mol. The minimum Gasteiger partial charge on any atom is -0.465 e. The summed E-state index contributed by atoms with van der Waals surface area (Å²) < 4.78 is 0. The fourth-order valence-corrected chi connectivity index (χ4v) is 1.04. The summed E-state index contributed by atoms with van der Waals surface area (Å²) >= 11 is 0. The van der Waals surface area contributed by atoms with Crippen LogP contribution < -0.4 is 0 Å². The Balaban J connectivity index is 4.25. The van der Waals surface area contributed by atoms with Gasteiger partial charge in [0.15, 0.2) is 0 Å². The Bertz CT molecular complexity index is 189. The van der Waals surface area contributed by atoms with Crippen molar-refractivity contribution >= 4 is 12.4 Å². The van der Waals surface area contributed by atoms with E-state index in [9.17, 15) is 9.59 Å². The van der Waals surface area contributed by atoms with Crippen molar-refractivity contribution in [1.29, 1.82) is 0 Å². The van der Waals surface area contributed by atoms with E-state index in [0.717, 1.165) is 12.7 Å². The van der Waals surface area contributed by atoms with Gasteiger partial charge >= 0.3 is 6.09 Å². The lowest BCUT2D eigenvalue weighted by molar-refractivity contribution is -0.115. The molecular weight excluding hydrogens is 170 g/mol. The van der Waals surface area contributed by atoms with Crippen LogP contribution in [-0.4, -0.2) is 35.5 Å². The summed E-state index contributed by atoms with van der Waals surface area (Å²) in [6.07, 6.45) is 0.594. The van der Waals surface area contributed by atoms with Crippen LogP contribution in [-0.2, 0) is 4.79 Å². The normalized spacial score (nSPS) is 11.0. The van der Waals surface area contributed by atoms with Crippen LogP contribution in [0.4, 0.5) is 4.79 Å². The molecule has 0 bridgehead atoms. The predicted molar refractivity (Wildman–Crippen MR) is 49.7 cm³/mol. The third-order valence-electron chi connectivity index (χ3n) is 1.68. The molecule has 0 aromatic rings. The molecule has 0 fully saturated rings. The molecule has 0 heterocycles. The maximum atomic E-state index is 10.7. The average Bonchev–Trinajstić information content (AvgIpc) is 2.03. The van der Waals surface area contributed by atoms with Gasteiger partial charge in [0, 0.05) is 18.5 Å². The fourth-order valence-electron chi connectivity index (χ4n) is 1.04. The van der Waals surface area contributed by atoms with E-state index in [1.165, 1.54) is 4.90 Å². The van der Waals surface area contributed by atoms with E-state index in [1.54, 1.807) is 13.8 Å². The van der Waals surface area contributed by atoms with E-state index in [0.29, 0.717) is 6.54 Å². The van der Waals surface area contributed by atoms with E-state index >= 15 is 0 Å². The first-order valence-electron chi connectivity index (χ1n) is 4.37. The number of amides is 1. The van der Waals surface area contributed by atoms with Gasteiger partial charge in [0.2, 0.25) is 0 Å². The first-order chi connectivity index (χ1) is 5.93. The maximum Gasteiger partial charge on any atom is 0.407 e. The summed E-state index contributed by atoms with van der Waals surface area (Å²) in [5.41, 5.74) is -0.590. The predicted octanol–water partition coefficient (Wildman–Crippen LogP) is 1.60. The number of carbonyl (C=O) groups excluding carboxylic acids is 1. The molecule has 1 N–H and O–H groups in total. The Morgan fingerprint density at radius 1 is 1.54 bits per heavy atom. The molecule has 0 aliphatic rings. The molecule has 4 nitrogen and oxygen atoms in total. The number of hydrogen-bond acceptors (Lipinski definition) is 2. The van der Waals surface area contributed by atoms with Gasteiger partial charge in [-0.3, -0.25) is 0 Å². The van der Waals surface area contributed by atoms with Gasteiger partial charge in [-0.25, -0.2) is 4.79 Å². The zero-order chi connectivity index (χ0) is 10.5. The molecule has 0 atom stereocenters. The van der Waals surface area contributed by atoms with Crippen LogP contribution >= 0.6 is 0 Å². The van der Waals surface area contributed by atoms with E-state index in [2.05, 4.69) is 0 Å². The Hall–Kier alpha value is -1.06.